The number of fused-ring (bicyclic) bond motifs is 1. The third-order valence-electron chi connectivity index (χ3n) is 3.25. The molecule has 0 aliphatic heterocycles. The van der Waals surface area contributed by atoms with Gasteiger partial charge in [0.2, 0.25) is 5.91 Å². The van der Waals surface area contributed by atoms with Crippen molar-refractivity contribution in [2.24, 2.45) is 0 Å². The van der Waals surface area contributed by atoms with Crippen LogP contribution < -0.4 is 10.9 Å². The molecule has 0 aliphatic carbocycles. The molecule has 3 aromatic rings. The molecule has 3 rings (SSSR count). The summed E-state index contributed by atoms with van der Waals surface area (Å²) in [5, 5.41) is 0.613. The van der Waals surface area contributed by atoms with Gasteiger partial charge in [-0.3, -0.25) is 20.4 Å². The molecular weight excluding hydrogens is 351 g/mol. The van der Waals surface area contributed by atoms with Gasteiger partial charge in [0, 0.05) is 5.02 Å². The van der Waals surface area contributed by atoms with E-state index < -0.39 is 11.8 Å². The number of amides is 2. The second-order valence-corrected chi connectivity index (χ2v) is 5.85. The Morgan fingerprint density at radius 2 is 1.88 bits per heavy atom. The lowest BCUT2D eigenvalue weighted by Crippen LogP contribution is -2.42. The highest BCUT2D eigenvalue weighted by atomic mass is 35.5. The SMILES string of the molecule is O=C(Cc1nc2ccccc2[nH]1)NNC(=O)c1cc(Cl)ccc1Cl. The number of benzene rings is 2. The number of H-pyrrole nitrogens is 1. The van der Waals surface area contributed by atoms with Gasteiger partial charge in [0.25, 0.3) is 5.91 Å². The second kappa shape index (κ2) is 6.90. The van der Waals surface area contributed by atoms with Crippen molar-refractivity contribution in [3.05, 3.63) is 63.9 Å². The van der Waals surface area contributed by atoms with E-state index in [-0.39, 0.29) is 17.0 Å². The number of hydrogen-bond donors (Lipinski definition) is 3. The smallest absolute Gasteiger partial charge is 0.271 e. The van der Waals surface area contributed by atoms with E-state index in [2.05, 4.69) is 20.8 Å². The molecule has 1 heterocycles. The van der Waals surface area contributed by atoms with Crippen molar-refractivity contribution in [2.75, 3.05) is 0 Å². The minimum atomic E-state index is -0.555. The Bertz CT molecular complexity index is 890. The standard InChI is InChI=1S/C16H12Cl2N4O2/c17-9-5-6-11(18)10(7-9)16(24)22-21-15(23)8-14-19-12-3-1-2-4-13(12)20-14/h1-7H,8H2,(H,19,20)(H,21,23)(H,22,24). The highest BCUT2D eigenvalue weighted by Crippen LogP contribution is 2.20. The van der Waals surface area contributed by atoms with Crippen LogP contribution in [0.4, 0.5) is 0 Å². The first-order valence-electron chi connectivity index (χ1n) is 7.01. The molecule has 0 bridgehead atoms. The molecule has 8 heteroatoms. The van der Waals surface area contributed by atoms with Gasteiger partial charge in [0.15, 0.2) is 0 Å². The van der Waals surface area contributed by atoms with Gasteiger partial charge in [0.1, 0.15) is 5.82 Å². The second-order valence-electron chi connectivity index (χ2n) is 5.00. The van der Waals surface area contributed by atoms with Gasteiger partial charge >= 0.3 is 0 Å². The van der Waals surface area contributed by atoms with Crippen LogP contribution in [-0.4, -0.2) is 21.8 Å². The third kappa shape index (κ3) is 3.67. The number of aromatic amines is 1. The van der Waals surface area contributed by atoms with Crippen molar-refractivity contribution in [2.45, 2.75) is 6.42 Å². The first-order valence-corrected chi connectivity index (χ1v) is 7.76. The first-order chi connectivity index (χ1) is 11.5. The van der Waals surface area contributed by atoms with Gasteiger partial charge in [-0.25, -0.2) is 4.98 Å². The molecular formula is C16H12Cl2N4O2. The summed E-state index contributed by atoms with van der Waals surface area (Å²) in [6.45, 7) is 0. The van der Waals surface area contributed by atoms with Crippen LogP contribution in [0, 0.1) is 0 Å². The van der Waals surface area contributed by atoms with E-state index in [0.717, 1.165) is 11.0 Å². The number of hydrogen-bond acceptors (Lipinski definition) is 3. The number of carbonyl (C=O) groups excluding carboxylic acids is 2. The number of para-hydroxylation sites is 2. The van der Waals surface area contributed by atoms with Crippen molar-refractivity contribution in [1.29, 1.82) is 0 Å². The zero-order chi connectivity index (χ0) is 17.1. The quantitative estimate of drug-likeness (QED) is 0.626. The molecule has 122 valence electrons. The highest BCUT2D eigenvalue weighted by Gasteiger charge is 2.13. The number of nitrogens with one attached hydrogen (secondary N) is 3. The number of imidazole rings is 1. The Morgan fingerprint density at radius 1 is 1.08 bits per heavy atom. The Hall–Kier alpha value is -2.57. The summed E-state index contributed by atoms with van der Waals surface area (Å²) in [5.41, 5.74) is 6.41. The predicted octanol–water partition coefficient (Wildman–Crippen LogP) is 2.87. The summed E-state index contributed by atoms with van der Waals surface area (Å²) in [7, 11) is 0. The molecule has 6 nitrogen and oxygen atoms in total. The number of aromatic nitrogens is 2. The largest absolute Gasteiger partial charge is 0.342 e. The average molecular weight is 363 g/mol. The lowest BCUT2D eigenvalue weighted by molar-refractivity contribution is -0.121. The fourth-order valence-electron chi connectivity index (χ4n) is 2.15. The lowest BCUT2D eigenvalue weighted by atomic mass is 10.2. The van der Waals surface area contributed by atoms with E-state index in [9.17, 15) is 9.59 Å². The molecule has 0 unspecified atom stereocenters. The van der Waals surface area contributed by atoms with Crippen molar-refractivity contribution < 1.29 is 9.59 Å². The fourth-order valence-corrected chi connectivity index (χ4v) is 2.53. The van der Waals surface area contributed by atoms with E-state index in [1.54, 1.807) is 6.07 Å². The van der Waals surface area contributed by atoms with E-state index in [0.29, 0.717) is 10.8 Å². The topological polar surface area (TPSA) is 86.9 Å². The molecule has 0 saturated carbocycles. The maximum absolute atomic E-state index is 12.0. The molecule has 0 radical (unpaired) electrons. The summed E-state index contributed by atoms with van der Waals surface area (Å²) < 4.78 is 0. The Balaban J connectivity index is 1.61. The number of hydrazine groups is 1. The molecule has 0 atom stereocenters. The van der Waals surface area contributed by atoms with Crippen LogP contribution in [0.1, 0.15) is 16.2 Å². The van der Waals surface area contributed by atoms with Gasteiger partial charge in [-0.15, -0.1) is 0 Å². The van der Waals surface area contributed by atoms with Crippen LogP contribution >= 0.6 is 23.2 Å². The number of halogens is 2. The van der Waals surface area contributed by atoms with E-state index in [4.69, 9.17) is 23.2 Å². The summed E-state index contributed by atoms with van der Waals surface area (Å²) in [6, 6.07) is 11.9. The van der Waals surface area contributed by atoms with Crippen LogP contribution in [-0.2, 0) is 11.2 Å². The summed E-state index contributed by atoms with van der Waals surface area (Å²) >= 11 is 11.8. The molecule has 2 aromatic carbocycles. The average Bonchev–Trinajstić information content (AvgIpc) is 2.97. The Labute approximate surface area is 147 Å². The lowest BCUT2D eigenvalue weighted by Gasteiger charge is -2.08. The summed E-state index contributed by atoms with van der Waals surface area (Å²) in [4.78, 5) is 31.3. The maximum atomic E-state index is 12.0. The van der Waals surface area contributed by atoms with Crippen molar-refractivity contribution in [1.82, 2.24) is 20.8 Å². The van der Waals surface area contributed by atoms with Crippen LogP contribution in [0.3, 0.4) is 0 Å². The van der Waals surface area contributed by atoms with Gasteiger partial charge in [0.05, 0.1) is 28.0 Å². The van der Waals surface area contributed by atoms with Crippen LogP contribution in [0.5, 0.6) is 0 Å². The van der Waals surface area contributed by atoms with Crippen molar-refractivity contribution >= 4 is 46.0 Å². The minimum absolute atomic E-state index is 0.00175. The number of carbonyl (C=O) groups is 2. The number of nitrogens with zero attached hydrogens (tertiary/aromatic N) is 1. The summed E-state index contributed by atoms with van der Waals surface area (Å²) in [5.74, 6) is -0.468. The Kier molecular flexibility index (Phi) is 4.69. The molecule has 0 aliphatic rings. The van der Waals surface area contributed by atoms with E-state index in [1.807, 2.05) is 24.3 Å². The van der Waals surface area contributed by atoms with Crippen molar-refractivity contribution in [3.63, 3.8) is 0 Å². The fraction of sp³-hybridized carbons (Fsp3) is 0.0625. The monoisotopic (exact) mass is 362 g/mol. The van der Waals surface area contributed by atoms with Crippen LogP contribution in [0.25, 0.3) is 11.0 Å². The maximum Gasteiger partial charge on any atom is 0.271 e. The predicted molar refractivity (Wildman–Crippen MR) is 91.9 cm³/mol. The number of rotatable bonds is 3. The minimum Gasteiger partial charge on any atom is -0.342 e. The van der Waals surface area contributed by atoms with Gasteiger partial charge < -0.3 is 4.98 Å². The molecule has 1 aromatic heterocycles. The molecule has 2 amide bonds. The summed E-state index contributed by atoms with van der Waals surface area (Å²) in [6.07, 6.45) is -0.00175. The van der Waals surface area contributed by atoms with Gasteiger partial charge in [-0.2, -0.15) is 0 Å². The van der Waals surface area contributed by atoms with Gasteiger partial charge in [-0.05, 0) is 30.3 Å². The first kappa shape index (κ1) is 16.3. The zero-order valence-electron chi connectivity index (χ0n) is 12.3. The molecule has 0 fully saturated rings. The molecule has 3 N–H and O–H groups in total. The zero-order valence-corrected chi connectivity index (χ0v) is 13.8. The van der Waals surface area contributed by atoms with Crippen molar-refractivity contribution in [3.8, 4) is 0 Å². The molecule has 0 saturated heterocycles. The molecule has 0 spiro atoms. The third-order valence-corrected chi connectivity index (χ3v) is 3.82. The normalized spacial score (nSPS) is 10.6. The van der Waals surface area contributed by atoms with E-state index in [1.165, 1.54) is 12.1 Å². The van der Waals surface area contributed by atoms with Gasteiger partial charge in [-0.1, -0.05) is 35.3 Å². The van der Waals surface area contributed by atoms with Crippen LogP contribution in [0.15, 0.2) is 42.5 Å². The van der Waals surface area contributed by atoms with E-state index >= 15 is 0 Å². The van der Waals surface area contributed by atoms with Crippen LogP contribution in [0.2, 0.25) is 10.0 Å². The highest BCUT2D eigenvalue weighted by molar-refractivity contribution is 6.35. The molecule has 24 heavy (non-hydrogen) atoms. The Morgan fingerprint density at radius 3 is 2.67 bits per heavy atom.